The van der Waals surface area contributed by atoms with E-state index in [0.29, 0.717) is 0 Å². The minimum absolute atomic E-state index is 0.856. The number of unbranched alkanes of at least 4 members (excludes halogenated alkanes) is 13. The monoisotopic (exact) mass is 266 g/mol. The van der Waals surface area contributed by atoms with Gasteiger partial charge < -0.3 is 5.32 Å². The van der Waals surface area contributed by atoms with Crippen molar-refractivity contribution >= 4 is 0 Å². The fourth-order valence-corrected chi connectivity index (χ4v) is 2.46. The first-order valence-corrected chi connectivity index (χ1v) is 8.53. The number of nitrogens with one attached hydrogen (secondary N) is 1. The van der Waals surface area contributed by atoms with Crippen molar-refractivity contribution in [3.05, 3.63) is 0 Å². The van der Waals surface area contributed by atoms with Crippen LogP contribution < -0.4 is 5.32 Å². The average molecular weight is 266 g/mol. The molecule has 0 aromatic heterocycles. The molecular weight excluding hydrogens is 232 g/mol. The molecule has 112 valence electrons. The van der Waals surface area contributed by atoms with E-state index in [-0.39, 0.29) is 0 Å². The van der Waals surface area contributed by atoms with Crippen molar-refractivity contribution in [1.82, 2.24) is 5.32 Å². The second-order valence-electron chi connectivity index (χ2n) is 5.63. The van der Waals surface area contributed by atoms with Gasteiger partial charge in [-0.2, -0.15) is 5.26 Å². The summed E-state index contributed by atoms with van der Waals surface area (Å²) in [6.07, 6.45) is 21.4. The van der Waals surface area contributed by atoms with Crippen molar-refractivity contribution in [3.8, 4) is 6.19 Å². The molecule has 2 nitrogen and oxygen atoms in total. The van der Waals surface area contributed by atoms with Crippen LogP contribution in [0.1, 0.15) is 96.8 Å². The first kappa shape index (κ1) is 18.3. The van der Waals surface area contributed by atoms with E-state index in [9.17, 15) is 0 Å². The van der Waals surface area contributed by atoms with Crippen molar-refractivity contribution in [3.63, 3.8) is 0 Å². The molecule has 0 atom stereocenters. The van der Waals surface area contributed by atoms with Crippen molar-refractivity contribution in [1.29, 1.82) is 5.26 Å². The van der Waals surface area contributed by atoms with Crippen molar-refractivity contribution < 1.29 is 0 Å². The normalized spacial score (nSPS) is 10.3. The molecule has 0 aromatic carbocycles. The highest BCUT2D eigenvalue weighted by Crippen LogP contribution is 2.12. The van der Waals surface area contributed by atoms with Gasteiger partial charge in [0.15, 0.2) is 6.19 Å². The average Bonchev–Trinajstić information content (AvgIpc) is 2.43. The van der Waals surface area contributed by atoms with Gasteiger partial charge in [0.1, 0.15) is 0 Å². The number of rotatable bonds is 15. The van der Waals surface area contributed by atoms with Gasteiger partial charge in [-0.25, -0.2) is 0 Å². The van der Waals surface area contributed by atoms with Crippen LogP contribution in [0.5, 0.6) is 0 Å². The maximum atomic E-state index is 8.31. The third-order valence-corrected chi connectivity index (χ3v) is 3.73. The molecule has 0 saturated heterocycles. The molecule has 1 N–H and O–H groups in total. The van der Waals surface area contributed by atoms with Gasteiger partial charge in [-0.05, 0) is 6.42 Å². The number of nitrogens with zero attached hydrogens (tertiary/aromatic N) is 1. The first-order chi connectivity index (χ1) is 9.41. The van der Waals surface area contributed by atoms with Crippen molar-refractivity contribution in [2.24, 2.45) is 0 Å². The van der Waals surface area contributed by atoms with Crippen LogP contribution in [0.15, 0.2) is 0 Å². The lowest BCUT2D eigenvalue weighted by Gasteiger charge is -2.03. The number of nitriles is 1. The molecule has 0 heterocycles. The zero-order chi connectivity index (χ0) is 14.0. The molecule has 0 aliphatic rings. The van der Waals surface area contributed by atoms with E-state index < -0.39 is 0 Å². The van der Waals surface area contributed by atoms with Gasteiger partial charge in [-0.3, -0.25) is 0 Å². The lowest BCUT2D eigenvalue weighted by atomic mass is 10.0. The molecule has 0 radical (unpaired) electrons. The summed E-state index contributed by atoms with van der Waals surface area (Å²) in [6.45, 7) is 3.13. The summed E-state index contributed by atoms with van der Waals surface area (Å²) in [5.41, 5.74) is 0. The summed E-state index contributed by atoms with van der Waals surface area (Å²) in [5.74, 6) is 0. The molecule has 0 spiro atoms. The van der Waals surface area contributed by atoms with Crippen LogP contribution in [0.3, 0.4) is 0 Å². The SMILES string of the molecule is CCCCCCCCCCCCCCCCNC#N. The largest absolute Gasteiger partial charge is 0.324 e. The van der Waals surface area contributed by atoms with Crippen LogP contribution in [-0.4, -0.2) is 6.54 Å². The predicted molar refractivity (Wildman–Crippen MR) is 83.9 cm³/mol. The Labute approximate surface area is 121 Å². The molecular formula is C17H34N2. The van der Waals surface area contributed by atoms with E-state index in [1.807, 2.05) is 6.19 Å². The van der Waals surface area contributed by atoms with Crippen LogP contribution in [0.4, 0.5) is 0 Å². The zero-order valence-corrected chi connectivity index (χ0v) is 13.1. The molecule has 0 rings (SSSR count). The van der Waals surface area contributed by atoms with Crippen LogP contribution in [0, 0.1) is 11.5 Å². The smallest absolute Gasteiger partial charge is 0.176 e. The van der Waals surface area contributed by atoms with E-state index in [1.165, 1.54) is 83.5 Å². The lowest BCUT2D eigenvalue weighted by molar-refractivity contribution is 0.534. The van der Waals surface area contributed by atoms with E-state index in [0.717, 1.165) is 13.0 Å². The van der Waals surface area contributed by atoms with Crippen LogP contribution in [-0.2, 0) is 0 Å². The van der Waals surface area contributed by atoms with Gasteiger partial charge in [0.05, 0.1) is 0 Å². The zero-order valence-electron chi connectivity index (χ0n) is 13.1. The third kappa shape index (κ3) is 17.3. The van der Waals surface area contributed by atoms with Crippen LogP contribution in [0.25, 0.3) is 0 Å². The molecule has 0 fully saturated rings. The predicted octanol–water partition coefficient (Wildman–Crippen LogP) is 5.54. The molecule has 2 heteroatoms. The quantitative estimate of drug-likeness (QED) is 0.240. The lowest BCUT2D eigenvalue weighted by Crippen LogP contribution is -2.06. The maximum Gasteiger partial charge on any atom is 0.176 e. The Morgan fingerprint density at radius 1 is 0.632 bits per heavy atom. The summed E-state index contributed by atoms with van der Waals surface area (Å²) in [4.78, 5) is 0. The standard InChI is InChI=1S/C17H34N2/c1-2-3-4-5-6-7-8-9-10-11-12-13-14-15-16-19-17-18/h19H,2-16H2,1H3. The second kappa shape index (κ2) is 17.3. The second-order valence-corrected chi connectivity index (χ2v) is 5.63. The molecule has 19 heavy (non-hydrogen) atoms. The van der Waals surface area contributed by atoms with E-state index in [1.54, 1.807) is 0 Å². The van der Waals surface area contributed by atoms with Gasteiger partial charge in [0.2, 0.25) is 0 Å². The maximum absolute atomic E-state index is 8.31. The van der Waals surface area contributed by atoms with Crippen LogP contribution >= 0.6 is 0 Å². The fraction of sp³-hybridized carbons (Fsp3) is 0.941. The summed E-state index contributed by atoms with van der Waals surface area (Å²) in [5, 5.41) is 11.0. The van der Waals surface area contributed by atoms with Crippen molar-refractivity contribution in [2.45, 2.75) is 96.8 Å². The number of hydrogen-bond donors (Lipinski definition) is 1. The van der Waals surface area contributed by atoms with Gasteiger partial charge in [-0.1, -0.05) is 90.4 Å². The molecule has 0 aromatic rings. The van der Waals surface area contributed by atoms with Gasteiger partial charge >= 0.3 is 0 Å². The third-order valence-electron chi connectivity index (χ3n) is 3.73. The van der Waals surface area contributed by atoms with E-state index in [2.05, 4.69) is 12.2 Å². The summed E-state index contributed by atoms with van der Waals surface area (Å²) < 4.78 is 0. The fourth-order valence-electron chi connectivity index (χ4n) is 2.46. The molecule has 0 unspecified atom stereocenters. The van der Waals surface area contributed by atoms with E-state index in [4.69, 9.17) is 5.26 Å². The minimum Gasteiger partial charge on any atom is -0.324 e. The molecule has 0 aliphatic carbocycles. The molecule has 0 amide bonds. The minimum atomic E-state index is 0.856. The first-order valence-electron chi connectivity index (χ1n) is 8.53. The highest BCUT2D eigenvalue weighted by Gasteiger charge is 1.93. The topological polar surface area (TPSA) is 35.8 Å². The molecule has 0 aliphatic heterocycles. The Bertz CT molecular complexity index is 196. The number of hydrogen-bond acceptors (Lipinski definition) is 2. The highest BCUT2D eigenvalue weighted by atomic mass is 14.8. The summed E-state index contributed by atoms with van der Waals surface area (Å²) >= 11 is 0. The molecule has 0 bridgehead atoms. The Kier molecular flexibility index (Phi) is 16.6. The summed E-state index contributed by atoms with van der Waals surface area (Å²) in [7, 11) is 0. The Hall–Kier alpha value is -0.710. The Morgan fingerprint density at radius 2 is 1.00 bits per heavy atom. The summed E-state index contributed by atoms with van der Waals surface area (Å²) in [6, 6.07) is 0. The van der Waals surface area contributed by atoms with Gasteiger partial charge in [0.25, 0.3) is 0 Å². The van der Waals surface area contributed by atoms with E-state index >= 15 is 0 Å². The van der Waals surface area contributed by atoms with Crippen LogP contribution in [0.2, 0.25) is 0 Å². The van der Waals surface area contributed by atoms with Crippen molar-refractivity contribution in [2.75, 3.05) is 6.54 Å². The Balaban J connectivity index is 2.90. The highest BCUT2D eigenvalue weighted by molar-refractivity contribution is 4.63. The Morgan fingerprint density at radius 3 is 1.37 bits per heavy atom. The van der Waals surface area contributed by atoms with Gasteiger partial charge in [0, 0.05) is 6.54 Å². The van der Waals surface area contributed by atoms with Gasteiger partial charge in [-0.15, -0.1) is 0 Å². The molecule has 0 saturated carbocycles.